The fraction of sp³-hybridized carbons (Fsp3) is 0.174. The van der Waals surface area contributed by atoms with Gasteiger partial charge in [-0.15, -0.1) is 0 Å². The van der Waals surface area contributed by atoms with Gasteiger partial charge in [0.1, 0.15) is 0 Å². The molecule has 0 bridgehead atoms. The second kappa shape index (κ2) is 21.0. The van der Waals surface area contributed by atoms with E-state index in [4.69, 9.17) is 20.6 Å². The number of nitrogens with zero attached hydrogens (tertiary/aromatic N) is 6. The minimum absolute atomic E-state index is 0. The quantitative estimate of drug-likeness (QED) is 0.0494. The summed E-state index contributed by atoms with van der Waals surface area (Å²) in [4.78, 5) is 30.9. The number of aryl methyl sites for hydroxylation is 8. The first-order valence-corrected chi connectivity index (χ1v) is 18.1. The van der Waals surface area contributed by atoms with Gasteiger partial charge in [-0.3, -0.25) is 20.2 Å². The van der Waals surface area contributed by atoms with E-state index in [1.807, 2.05) is 128 Å². The Morgan fingerprint density at radius 2 is 0.655 bits per heavy atom. The molecule has 304 valence electrons. The molecule has 0 aliphatic heterocycles. The Bertz CT molecular complexity index is 2210. The number of nitro groups is 2. The molecule has 0 heterocycles. The zero-order valence-corrected chi connectivity index (χ0v) is 35.3. The SMILES string of the molecule is Cc1cccc(C)c1N=C([N-]c1c(C)cccc1C)c1ccc([N+](=O)[O-])cc1.Cc1cccc(C)c1N=C([N-]c1c(C)cccc1C)c1ccc([N+](=O)[O-])cc1.[Cu+].[Cu+]. The van der Waals surface area contributed by atoms with E-state index >= 15 is 0 Å². The van der Waals surface area contributed by atoms with Gasteiger partial charge in [0, 0.05) is 24.3 Å². The van der Waals surface area contributed by atoms with Gasteiger partial charge in [-0.2, -0.15) is 0 Å². The van der Waals surface area contributed by atoms with Crippen LogP contribution in [0.5, 0.6) is 0 Å². The van der Waals surface area contributed by atoms with Crippen LogP contribution in [0.3, 0.4) is 0 Å². The van der Waals surface area contributed by atoms with Crippen molar-refractivity contribution in [1.29, 1.82) is 0 Å². The molecule has 0 unspecified atom stereocenters. The molecule has 12 heteroatoms. The van der Waals surface area contributed by atoms with E-state index in [9.17, 15) is 20.2 Å². The van der Waals surface area contributed by atoms with Gasteiger partial charge in [-0.05, 0) is 158 Å². The van der Waals surface area contributed by atoms with E-state index in [-0.39, 0.29) is 45.5 Å². The largest absolute Gasteiger partial charge is 1.00 e. The number of para-hydroxylation sites is 4. The minimum Gasteiger partial charge on any atom is -0.435 e. The van der Waals surface area contributed by atoms with E-state index in [2.05, 4.69) is 0 Å². The maximum atomic E-state index is 11.0. The Hall–Kier alpha value is -5.90. The topological polar surface area (TPSA) is 139 Å². The van der Waals surface area contributed by atoms with Crippen LogP contribution in [-0.2, 0) is 34.1 Å². The molecular weight excluding hydrogens is 828 g/mol. The summed E-state index contributed by atoms with van der Waals surface area (Å²) in [6.45, 7) is 16.1. The molecular formula is C46H44Cu2N6O4. The zero-order valence-electron chi connectivity index (χ0n) is 33.5. The van der Waals surface area contributed by atoms with Crippen LogP contribution >= 0.6 is 0 Å². The molecule has 0 aliphatic rings. The van der Waals surface area contributed by atoms with Crippen molar-refractivity contribution in [3.63, 3.8) is 0 Å². The predicted octanol–water partition coefficient (Wildman–Crippen LogP) is 13.2. The number of rotatable bonds is 8. The van der Waals surface area contributed by atoms with Gasteiger partial charge in [0.05, 0.1) is 9.85 Å². The third kappa shape index (κ3) is 11.6. The number of hydrogen-bond acceptors (Lipinski definition) is 6. The number of amidine groups is 2. The minimum atomic E-state index is -0.408. The van der Waals surface area contributed by atoms with Crippen LogP contribution in [-0.4, -0.2) is 21.5 Å². The molecule has 6 aromatic carbocycles. The number of nitro benzene ring substituents is 2. The maximum Gasteiger partial charge on any atom is 1.00 e. The average Bonchev–Trinajstić information content (AvgIpc) is 3.16. The van der Waals surface area contributed by atoms with Crippen molar-refractivity contribution in [3.8, 4) is 0 Å². The number of non-ortho nitro benzene ring substituents is 2. The van der Waals surface area contributed by atoms with Crippen molar-refractivity contribution in [2.75, 3.05) is 0 Å². The molecule has 0 N–H and O–H groups in total. The van der Waals surface area contributed by atoms with Crippen molar-refractivity contribution < 1.29 is 44.0 Å². The molecule has 0 radical (unpaired) electrons. The summed E-state index contributed by atoms with van der Waals surface area (Å²) < 4.78 is 0. The molecule has 0 saturated heterocycles. The average molecular weight is 872 g/mol. The Balaban J connectivity index is 0.000000300. The van der Waals surface area contributed by atoms with Crippen LogP contribution < -0.4 is 0 Å². The molecule has 0 fully saturated rings. The van der Waals surface area contributed by atoms with Crippen molar-refractivity contribution >= 4 is 45.8 Å². The fourth-order valence-electron chi connectivity index (χ4n) is 6.12. The molecule has 0 saturated carbocycles. The fourth-order valence-corrected chi connectivity index (χ4v) is 6.12. The molecule has 0 aliphatic carbocycles. The van der Waals surface area contributed by atoms with Gasteiger partial charge in [-0.1, -0.05) is 84.5 Å². The Morgan fingerprint density at radius 3 is 0.897 bits per heavy atom. The first kappa shape index (κ1) is 46.5. The standard InChI is InChI=1S/2C23H22N3O2.2Cu/c2*1-15-7-5-8-16(2)21(15)24-23(19-11-13-20(14-12-19)26(27)28)25-22-17(3)9-6-10-18(22)4;;/h2*5-14H,1-4H3;;/q2*-1;2*+1. The van der Waals surface area contributed by atoms with Gasteiger partial charge in [-0.25, -0.2) is 0 Å². The first-order chi connectivity index (χ1) is 26.7. The first-order valence-electron chi connectivity index (χ1n) is 18.1. The zero-order chi connectivity index (χ0) is 40.5. The van der Waals surface area contributed by atoms with Crippen molar-refractivity contribution in [3.05, 3.63) is 208 Å². The van der Waals surface area contributed by atoms with E-state index in [0.717, 1.165) is 78.4 Å². The van der Waals surface area contributed by atoms with E-state index < -0.39 is 9.85 Å². The van der Waals surface area contributed by atoms with Gasteiger partial charge < -0.3 is 20.6 Å². The second-order valence-corrected chi connectivity index (χ2v) is 13.7. The smallest absolute Gasteiger partial charge is 0.435 e. The normalized spacial score (nSPS) is 11.0. The summed E-state index contributed by atoms with van der Waals surface area (Å²) in [5, 5.41) is 31.7. The third-order valence-corrected chi connectivity index (χ3v) is 9.30. The molecule has 0 aromatic heterocycles. The van der Waals surface area contributed by atoms with Crippen LogP contribution in [0.1, 0.15) is 55.6 Å². The van der Waals surface area contributed by atoms with E-state index in [1.165, 1.54) is 24.3 Å². The van der Waals surface area contributed by atoms with E-state index in [0.29, 0.717) is 11.7 Å². The summed E-state index contributed by atoms with van der Waals surface area (Å²) in [6, 6.07) is 36.8. The van der Waals surface area contributed by atoms with Crippen LogP contribution in [0.2, 0.25) is 0 Å². The van der Waals surface area contributed by atoms with E-state index in [1.54, 1.807) is 24.3 Å². The number of aliphatic imine (C=N–C) groups is 2. The van der Waals surface area contributed by atoms with Crippen LogP contribution in [0.25, 0.3) is 10.6 Å². The molecule has 0 spiro atoms. The Kier molecular flexibility index (Phi) is 16.9. The van der Waals surface area contributed by atoms with Gasteiger partial charge in [0.25, 0.3) is 11.4 Å². The van der Waals surface area contributed by atoms with Crippen LogP contribution in [0.4, 0.5) is 34.1 Å². The summed E-state index contributed by atoms with van der Waals surface area (Å²) >= 11 is 0. The Labute approximate surface area is 361 Å². The molecule has 0 amide bonds. The molecule has 6 rings (SSSR count). The van der Waals surface area contributed by atoms with Crippen molar-refractivity contribution in [1.82, 2.24) is 0 Å². The third-order valence-electron chi connectivity index (χ3n) is 9.30. The van der Waals surface area contributed by atoms with Gasteiger partial charge in [0.2, 0.25) is 0 Å². The number of benzene rings is 6. The van der Waals surface area contributed by atoms with Crippen LogP contribution in [0, 0.1) is 75.6 Å². The predicted molar refractivity (Wildman–Crippen MR) is 228 cm³/mol. The Morgan fingerprint density at radius 1 is 0.414 bits per heavy atom. The second-order valence-electron chi connectivity index (χ2n) is 13.7. The summed E-state index contributed by atoms with van der Waals surface area (Å²) in [7, 11) is 0. The van der Waals surface area contributed by atoms with Gasteiger partial charge in [0.15, 0.2) is 0 Å². The summed E-state index contributed by atoms with van der Waals surface area (Å²) in [5.74, 6) is 1.06. The molecule has 6 aromatic rings. The monoisotopic (exact) mass is 870 g/mol. The van der Waals surface area contributed by atoms with Crippen molar-refractivity contribution in [2.24, 2.45) is 9.98 Å². The van der Waals surface area contributed by atoms with Crippen molar-refractivity contribution in [2.45, 2.75) is 55.4 Å². The van der Waals surface area contributed by atoms with Crippen LogP contribution in [0.15, 0.2) is 131 Å². The summed E-state index contributed by atoms with van der Waals surface area (Å²) in [6.07, 6.45) is 0. The molecule has 58 heavy (non-hydrogen) atoms. The van der Waals surface area contributed by atoms with Gasteiger partial charge >= 0.3 is 34.1 Å². The molecule has 10 nitrogen and oxygen atoms in total. The number of hydrogen-bond donors (Lipinski definition) is 0. The summed E-state index contributed by atoms with van der Waals surface area (Å²) in [5.41, 5.74) is 13.4. The maximum absolute atomic E-state index is 11.0. The molecule has 0 atom stereocenters.